The van der Waals surface area contributed by atoms with Crippen LogP contribution in [0.25, 0.3) is 10.8 Å². The third kappa shape index (κ3) is 4.78. The molecule has 3 aromatic rings. The first-order chi connectivity index (χ1) is 15.4. The largest absolute Gasteiger partial charge is 0.495 e. The summed E-state index contributed by atoms with van der Waals surface area (Å²) in [5.74, 6) is -0.0521. The summed E-state index contributed by atoms with van der Waals surface area (Å²) in [4.78, 5) is 27.0. The lowest BCUT2D eigenvalue weighted by atomic mass is 9.94. The SMILES string of the molecule is CCN(CC(CC=O)c1ccc(C)c(I)c1)C(=O)c1c(OC)c(C#N)cc2ccccc12. The maximum absolute atomic E-state index is 13.8. The molecular weight excluding hydrogens is 515 g/mol. The van der Waals surface area contributed by atoms with Crippen molar-refractivity contribution in [2.24, 2.45) is 0 Å². The van der Waals surface area contributed by atoms with Crippen molar-refractivity contribution < 1.29 is 14.3 Å². The summed E-state index contributed by atoms with van der Waals surface area (Å²) < 4.78 is 6.65. The summed E-state index contributed by atoms with van der Waals surface area (Å²) >= 11 is 2.29. The lowest BCUT2D eigenvalue weighted by Gasteiger charge is -2.27. The van der Waals surface area contributed by atoms with E-state index in [-0.39, 0.29) is 17.6 Å². The van der Waals surface area contributed by atoms with Gasteiger partial charge in [-0.15, -0.1) is 0 Å². The third-order valence-corrected chi connectivity index (χ3v) is 6.86. The van der Waals surface area contributed by atoms with E-state index in [0.29, 0.717) is 30.6 Å². The van der Waals surface area contributed by atoms with Gasteiger partial charge in [0.25, 0.3) is 5.91 Å². The average molecular weight is 540 g/mol. The smallest absolute Gasteiger partial charge is 0.258 e. The zero-order valence-corrected chi connectivity index (χ0v) is 20.5. The fourth-order valence-electron chi connectivity index (χ4n) is 3.91. The molecule has 5 nitrogen and oxygen atoms in total. The van der Waals surface area contributed by atoms with Crippen LogP contribution in [0.3, 0.4) is 0 Å². The number of fused-ring (bicyclic) bond motifs is 1. The van der Waals surface area contributed by atoms with Crippen molar-refractivity contribution in [3.63, 3.8) is 0 Å². The second-order valence-electron chi connectivity index (χ2n) is 7.62. The Kier molecular flexibility index (Phi) is 7.86. The van der Waals surface area contributed by atoms with Gasteiger partial charge in [-0.1, -0.05) is 36.4 Å². The van der Waals surface area contributed by atoms with Crippen LogP contribution in [-0.2, 0) is 4.79 Å². The van der Waals surface area contributed by atoms with Gasteiger partial charge in [0.05, 0.1) is 18.2 Å². The molecule has 0 N–H and O–H groups in total. The first kappa shape index (κ1) is 23.7. The Balaban J connectivity index is 2.06. The van der Waals surface area contributed by atoms with Gasteiger partial charge in [0.15, 0.2) is 0 Å². The van der Waals surface area contributed by atoms with E-state index in [9.17, 15) is 14.9 Å². The van der Waals surface area contributed by atoms with E-state index in [1.54, 1.807) is 11.0 Å². The zero-order valence-electron chi connectivity index (χ0n) is 18.4. The Morgan fingerprint density at radius 1 is 1.25 bits per heavy atom. The lowest BCUT2D eigenvalue weighted by molar-refractivity contribution is -0.108. The molecule has 1 atom stereocenters. The number of rotatable bonds is 8. The molecule has 0 saturated heterocycles. The highest BCUT2D eigenvalue weighted by Gasteiger charge is 2.26. The molecule has 0 fully saturated rings. The molecule has 0 saturated carbocycles. The Bertz CT molecular complexity index is 1200. The highest BCUT2D eigenvalue weighted by atomic mass is 127. The number of benzene rings is 3. The van der Waals surface area contributed by atoms with Crippen LogP contribution in [0.5, 0.6) is 5.75 Å². The molecule has 164 valence electrons. The van der Waals surface area contributed by atoms with Crippen molar-refractivity contribution >= 4 is 45.6 Å². The van der Waals surface area contributed by atoms with Crippen molar-refractivity contribution in [1.29, 1.82) is 5.26 Å². The van der Waals surface area contributed by atoms with Gasteiger partial charge in [0, 0.05) is 29.0 Å². The van der Waals surface area contributed by atoms with Gasteiger partial charge in [-0.3, -0.25) is 4.79 Å². The van der Waals surface area contributed by atoms with Crippen LogP contribution in [0.1, 0.15) is 46.3 Å². The van der Waals surface area contributed by atoms with Gasteiger partial charge >= 0.3 is 0 Å². The Morgan fingerprint density at radius 3 is 2.62 bits per heavy atom. The second-order valence-corrected chi connectivity index (χ2v) is 8.78. The number of hydrogen-bond acceptors (Lipinski definition) is 4. The predicted molar refractivity (Wildman–Crippen MR) is 134 cm³/mol. The number of nitrogens with zero attached hydrogens (tertiary/aromatic N) is 2. The van der Waals surface area contributed by atoms with Crippen LogP contribution in [0, 0.1) is 21.8 Å². The topological polar surface area (TPSA) is 70.4 Å². The molecule has 1 amide bonds. The van der Waals surface area contributed by atoms with Crippen molar-refractivity contribution in [2.75, 3.05) is 20.2 Å². The summed E-state index contributed by atoms with van der Waals surface area (Å²) in [5, 5.41) is 11.2. The molecule has 1 unspecified atom stereocenters. The minimum absolute atomic E-state index is 0.123. The number of halogens is 1. The number of ether oxygens (including phenoxy) is 1. The van der Waals surface area contributed by atoms with E-state index in [0.717, 1.165) is 26.2 Å². The molecule has 0 heterocycles. The number of likely N-dealkylation sites (N-methyl/N-ethyl adjacent to an activating group) is 1. The first-order valence-corrected chi connectivity index (χ1v) is 11.5. The fraction of sp³-hybridized carbons (Fsp3) is 0.269. The van der Waals surface area contributed by atoms with E-state index in [1.165, 1.54) is 12.7 Å². The Morgan fingerprint density at radius 2 is 2.00 bits per heavy atom. The minimum atomic E-state index is -0.213. The number of amides is 1. The van der Waals surface area contributed by atoms with Crippen LogP contribution in [0.2, 0.25) is 0 Å². The van der Waals surface area contributed by atoms with Crippen LogP contribution in [0.4, 0.5) is 0 Å². The molecule has 0 aromatic heterocycles. The van der Waals surface area contributed by atoms with Gasteiger partial charge < -0.3 is 14.4 Å². The molecule has 6 heteroatoms. The van der Waals surface area contributed by atoms with Crippen molar-refractivity contribution in [3.8, 4) is 11.8 Å². The summed E-state index contributed by atoms with van der Waals surface area (Å²) in [6.45, 7) is 4.81. The van der Waals surface area contributed by atoms with Gasteiger partial charge in [-0.2, -0.15) is 5.26 Å². The van der Waals surface area contributed by atoms with E-state index >= 15 is 0 Å². The van der Waals surface area contributed by atoms with Crippen molar-refractivity contribution in [2.45, 2.75) is 26.2 Å². The number of carbonyl (C=O) groups is 2. The average Bonchev–Trinajstić information content (AvgIpc) is 2.81. The molecular formula is C26H25IN2O3. The highest BCUT2D eigenvalue weighted by molar-refractivity contribution is 14.1. The number of methoxy groups -OCH3 is 1. The minimum Gasteiger partial charge on any atom is -0.495 e. The predicted octanol–water partition coefficient (Wildman–Crippen LogP) is 5.47. The van der Waals surface area contributed by atoms with Gasteiger partial charge in [-0.25, -0.2) is 0 Å². The molecule has 0 bridgehead atoms. The van der Waals surface area contributed by atoms with E-state index in [1.807, 2.05) is 50.2 Å². The number of carbonyl (C=O) groups excluding carboxylic acids is 2. The summed E-state index contributed by atoms with van der Waals surface area (Å²) in [7, 11) is 1.47. The highest BCUT2D eigenvalue weighted by Crippen LogP contribution is 2.34. The molecule has 0 aliphatic carbocycles. The Hall–Kier alpha value is -2.92. The molecule has 32 heavy (non-hydrogen) atoms. The lowest BCUT2D eigenvalue weighted by Crippen LogP contribution is -2.35. The quantitative estimate of drug-likeness (QED) is 0.281. The van der Waals surface area contributed by atoms with Crippen LogP contribution >= 0.6 is 22.6 Å². The fourth-order valence-corrected chi connectivity index (χ4v) is 4.45. The van der Waals surface area contributed by atoms with Gasteiger partial charge in [0.1, 0.15) is 18.1 Å². The third-order valence-electron chi connectivity index (χ3n) is 5.70. The molecule has 3 rings (SSSR count). The van der Waals surface area contributed by atoms with E-state index < -0.39 is 0 Å². The van der Waals surface area contributed by atoms with E-state index in [2.05, 4.69) is 34.7 Å². The molecule has 0 radical (unpaired) electrons. The van der Waals surface area contributed by atoms with Crippen LogP contribution < -0.4 is 4.74 Å². The number of nitriles is 1. The van der Waals surface area contributed by atoms with Crippen molar-refractivity contribution in [1.82, 2.24) is 4.90 Å². The second kappa shape index (κ2) is 10.6. The van der Waals surface area contributed by atoms with Gasteiger partial charge in [-0.05, 0) is 70.5 Å². The normalized spacial score (nSPS) is 11.6. The maximum atomic E-state index is 13.8. The summed E-state index contributed by atoms with van der Waals surface area (Å²) in [6, 6.07) is 17.5. The molecule has 0 aliphatic rings. The standard InChI is InChI=1S/C26H25IN2O3/c1-4-29(16-20(11-12-30)18-10-9-17(2)23(27)14-18)26(31)24-22-8-6-5-7-19(22)13-21(15-28)25(24)32-3/h5-10,12-14,20H,4,11,16H2,1-3H3. The maximum Gasteiger partial charge on any atom is 0.258 e. The summed E-state index contributed by atoms with van der Waals surface area (Å²) in [5.41, 5.74) is 2.91. The molecule has 0 aliphatic heterocycles. The Labute approximate surface area is 202 Å². The monoisotopic (exact) mass is 540 g/mol. The molecule has 0 spiro atoms. The number of aldehydes is 1. The van der Waals surface area contributed by atoms with E-state index in [4.69, 9.17) is 4.74 Å². The number of aryl methyl sites for hydroxylation is 1. The zero-order chi connectivity index (χ0) is 23.3. The number of hydrogen-bond donors (Lipinski definition) is 0. The summed E-state index contributed by atoms with van der Waals surface area (Å²) in [6.07, 6.45) is 1.22. The van der Waals surface area contributed by atoms with Gasteiger partial charge in [0.2, 0.25) is 0 Å². The molecule has 3 aromatic carbocycles. The van der Waals surface area contributed by atoms with Crippen molar-refractivity contribution in [3.05, 3.63) is 74.4 Å². The van der Waals surface area contributed by atoms with Crippen LogP contribution in [0.15, 0.2) is 48.5 Å². The van der Waals surface area contributed by atoms with Crippen LogP contribution in [-0.4, -0.2) is 37.3 Å². The first-order valence-electron chi connectivity index (χ1n) is 10.4.